The van der Waals surface area contributed by atoms with Crippen LogP contribution in [0.4, 0.5) is 5.82 Å². The molecule has 1 aliphatic rings. The number of hydrogen-bond acceptors (Lipinski definition) is 4. The highest BCUT2D eigenvalue weighted by Crippen LogP contribution is 2.23. The van der Waals surface area contributed by atoms with Crippen molar-refractivity contribution in [2.45, 2.75) is 18.9 Å². The molecule has 0 bridgehead atoms. The summed E-state index contributed by atoms with van der Waals surface area (Å²) in [6.45, 7) is 0. The quantitative estimate of drug-likeness (QED) is 0.727. The highest BCUT2D eigenvalue weighted by molar-refractivity contribution is 5.35. The zero-order chi connectivity index (χ0) is 8.39. The molecule has 1 fully saturated rings. The molecule has 4 nitrogen and oxygen atoms in total. The molecule has 0 saturated heterocycles. The molecule has 1 aromatic rings. The van der Waals surface area contributed by atoms with Crippen molar-refractivity contribution in [2.75, 3.05) is 12.4 Å². The average Bonchev–Trinajstić information content (AvgIpc) is 2.89. The fraction of sp³-hybridized carbons (Fsp3) is 0.500. The molecule has 12 heavy (non-hydrogen) atoms. The van der Waals surface area contributed by atoms with E-state index in [2.05, 4.69) is 15.3 Å². The zero-order valence-electron chi connectivity index (χ0n) is 6.95. The molecule has 0 spiro atoms. The Morgan fingerprint density at radius 2 is 2.33 bits per heavy atom. The molecule has 1 aromatic heterocycles. The van der Waals surface area contributed by atoms with Crippen LogP contribution >= 0.6 is 0 Å². The first-order valence-corrected chi connectivity index (χ1v) is 4.01. The number of methoxy groups -OCH3 is 1. The maximum Gasteiger partial charge on any atom is 0.233 e. The summed E-state index contributed by atoms with van der Waals surface area (Å²) in [6.07, 6.45) is 5.77. The molecule has 1 heterocycles. The lowest BCUT2D eigenvalue weighted by molar-refractivity contribution is 0.396. The number of ether oxygens (including phenoxy) is 1. The van der Waals surface area contributed by atoms with E-state index >= 15 is 0 Å². The molecule has 1 aliphatic carbocycles. The molecule has 0 aromatic carbocycles. The fourth-order valence-electron chi connectivity index (χ4n) is 0.953. The smallest absolute Gasteiger partial charge is 0.233 e. The molecular formula is C8H11N3O. The van der Waals surface area contributed by atoms with Gasteiger partial charge >= 0.3 is 0 Å². The Labute approximate surface area is 71.0 Å². The Morgan fingerprint density at radius 1 is 1.50 bits per heavy atom. The van der Waals surface area contributed by atoms with Crippen molar-refractivity contribution in [1.29, 1.82) is 0 Å². The topological polar surface area (TPSA) is 47.0 Å². The van der Waals surface area contributed by atoms with Crippen molar-refractivity contribution in [3.63, 3.8) is 0 Å². The van der Waals surface area contributed by atoms with Crippen molar-refractivity contribution in [3.05, 3.63) is 12.4 Å². The van der Waals surface area contributed by atoms with Gasteiger partial charge in [-0.2, -0.15) is 4.98 Å². The first kappa shape index (κ1) is 7.34. The molecule has 1 N–H and O–H groups in total. The summed E-state index contributed by atoms with van der Waals surface area (Å²) >= 11 is 0. The standard InChI is InChI=1S/C8H11N3O/c1-12-8-5-9-4-7(11-8)10-6-2-3-6/h4-6H,2-3H2,1H3,(H,10,11). The number of aromatic nitrogens is 2. The third-order valence-corrected chi connectivity index (χ3v) is 1.75. The van der Waals surface area contributed by atoms with Gasteiger partial charge in [-0.15, -0.1) is 0 Å². The number of anilines is 1. The predicted octanol–water partition coefficient (Wildman–Crippen LogP) is 1.06. The van der Waals surface area contributed by atoms with Crippen molar-refractivity contribution in [2.24, 2.45) is 0 Å². The van der Waals surface area contributed by atoms with Crippen LogP contribution in [0.15, 0.2) is 12.4 Å². The number of nitrogens with one attached hydrogen (secondary N) is 1. The molecule has 4 heteroatoms. The Bertz CT molecular complexity index is 273. The molecular weight excluding hydrogens is 154 g/mol. The van der Waals surface area contributed by atoms with Gasteiger partial charge in [-0.1, -0.05) is 0 Å². The molecule has 0 aliphatic heterocycles. The van der Waals surface area contributed by atoms with Crippen LogP contribution in [-0.4, -0.2) is 23.1 Å². The minimum Gasteiger partial charge on any atom is -0.480 e. The predicted molar refractivity (Wildman–Crippen MR) is 45.2 cm³/mol. The van der Waals surface area contributed by atoms with E-state index in [0.29, 0.717) is 11.9 Å². The molecule has 2 rings (SSSR count). The third kappa shape index (κ3) is 1.64. The van der Waals surface area contributed by atoms with Gasteiger partial charge in [0.1, 0.15) is 5.82 Å². The van der Waals surface area contributed by atoms with Crippen LogP contribution in [-0.2, 0) is 0 Å². The van der Waals surface area contributed by atoms with Gasteiger partial charge in [0.05, 0.1) is 19.5 Å². The molecule has 0 radical (unpaired) electrons. The first-order chi connectivity index (χ1) is 5.88. The summed E-state index contributed by atoms with van der Waals surface area (Å²) in [5, 5.41) is 3.24. The molecule has 1 saturated carbocycles. The molecule has 0 unspecified atom stereocenters. The highest BCUT2D eigenvalue weighted by Gasteiger charge is 2.21. The maximum absolute atomic E-state index is 4.94. The van der Waals surface area contributed by atoms with Crippen molar-refractivity contribution >= 4 is 5.82 Å². The third-order valence-electron chi connectivity index (χ3n) is 1.75. The minimum absolute atomic E-state index is 0.556. The van der Waals surface area contributed by atoms with E-state index in [1.165, 1.54) is 12.8 Å². The monoisotopic (exact) mass is 165 g/mol. The number of hydrogen-bond donors (Lipinski definition) is 1. The summed E-state index contributed by atoms with van der Waals surface area (Å²) in [5.74, 6) is 1.36. The second-order valence-electron chi connectivity index (χ2n) is 2.87. The van der Waals surface area contributed by atoms with Gasteiger partial charge in [-0.05, 0) is 12.8 Å². The average molecular weight is 165 g/mol. The van der Waals surface area contributed by atoms with Gasteiger partial charge < -0.3 is 10.1 Å². The van der Waals surface area contributed by atoms with E-state index in [9.17, 15) is 0 Å². The second-order valence-corrected chi connectivity index (χ2v) is 2.87. The Hall–Kier alpha value is -1.32. The first-order valence-electron chi connectivity index (χ1n) is 4.01. The van der Waals surface area contributed by atoms with Crippen LogP contribution < -0.4 is 10.1 Å². The van der Waals surface area contributed by atoms with E-state index in [1.807, 2.05) is 0 Å². The lowest BCUT2D eigenvalue weighted by Gasteiger charge is -2.03. The van der Waals surface area contributed by atoms with Crippen molar-refractivity contribution in [1.82, 2.24) is 9.97 Å². The molecule has 0 atom stereocenters. The maximum atomic E-state index is 4.94. The van der Waals surface area contributed by atoms with Crippen LogP contribution in [0.5, 0.6) is 5.88 Å². The van der Waals surface area contributed by atoms with Crippen LogP contribution in [0.25, 0.3) is 0 Å². The van der Waals surface area contributed by atoms with Crippen LogP contribution in [0, 0.1) is 0 Å². The second kappa shape index (κ2) is 2.97. The number of nitrogens with zero attached hydrogens (tertiary/aromatic N) is 2. The lowest BCUT2D eigenvalue weighted by atomic mass is 10.6. The lowest BCUT2D eigenvalue weighted by Crippen LogP contribution is -2.03. The van der Waals surface area contributed by atoms with Gasteiger partial charge in [0.15, 0.2) is 0 Å². The van der Waals surface area contributed by atoms with Crippen molar-refractivity contribution < 1.29 is 4.74 Å². The van der Waals surface area contributed by atoms with Crippen LogP contribution in [0.3, 0.4) is 0 Å². The van der Waals surface area contributed by atoms with Crippen molar-refractivity contribution in [3.8, 4) is 5.88 Å². The molecule has 0 amide bonds. The summed E-state index contributed by atoms with van der Waals surface area (Å²) < 4.78 is 4.94. The molecule has 64 valence electrons. The highest BCUT2D eigenvalue weighted by atomic mass is 16.5. The zero-order valence-corrected chi connectivity index (χ0v) is 6.95. The summed E-state index contributed by atoms with van der Waals surface area (Å²) in [4.78, 5) is 8.16. The normalized spacial score (nSPS) is 15.8. The Kier molecular flexibility index (Phi) is 1.81. The minimum atomic E-state index is 0.556. The van der Waals surface area contributed by atoms with Gasteiger partial charge in [-0.25, -0.2) is 0 Å². The summed E-state index contributed by atoms with van der Waals surface area (Å²) in [7, 11) is 1.59. The Balaban J connectivity index is 2.08. The summed E-state index contributed by atoms with van der Waals surface area (Å²) in [6, 6.07) is 0.603. The van der Waals surface area contributed by atoms with E-state index < -0.39 is 0 Å². The summed E-state index contributed by atoms with van der Waals surface area (Å²) in [5.41, 5.74) is 0. The van der Waals surface area contributed by atoms with E-state index in [-0.39, 0.29) is 0 Å². The SMILES string of the molecule is COc1cncc(NC2CC2)n1. The van der Waals surface area contributed by atoms with Gasteiger partial charge in [0.25, 0.3) is 0 Å². The van der Waals surface area contributed by atoms with E-state index in [4.69, 9.17) is 4.74 Å². The fourth-order valence-corrected chi connectivity index (χ4v) is 0.953. The Morgan fingerprint density at radius 3 is 3.00 bits per heavy atom. The van der Waals surface area contributed by atoms with E-state index in [0.717, 1.165) is 5.82 Å². The van der Waals surface area contributed by atoms with Gasteiger partial charge in [0.2, 0.25) is 5.88 Å². The number of rotatable bonds is 3. The van der Waals surface area contributed by atoms with Gasteiger partial charge in [-0.3, -0.25) is 4.98 Å². The van der Waals surface area contributed by atoms with Gasteiger partial charge in [0, 0.05) is 6.04 Å². The largest absolute Gasteiger partial charge is 0.480 e. The van der Waals surface area contributed by atoms with E-state index in [1.54, 1.807) is 19.5 Å². The van der Waals surface area contributed by atoms with Crippen LogP contribution in [0.2, 0.25) is 0 Å². The van der Waals surface area contributed by atoms with Crippen LogP contribution in [0.1, 0.15) is 12.8 Å².